The van der Waals surface area contributed by atoms with Crippen molar-refractivity contribution in [3.8, 4) is 10.6 Å². The normalized spacial score (nSPS) is 11.5. The van der Waals surface area contributed by atoms with Crippen LogP contribution in [0.25, 0.3) is 10.6 Å². The van der Waals surface area contributed by atoms with Crippen LogP contribution in [0.4, 0.5) is 0 Å². The lowest BCUT2D eigenvalue weighted by Gasteiger charge is -2.15. The number of carbonyl (C=O) groups is 1. The van der Waals surface area contributed by atoms with Crippen molar-refractivity contribution >= 4 is 17.1 Å². The van der Waals surface area contributed by atoms with Crippen molar-refractivity contribution in [3.63, 3.8) is 0 Å². The summed E-state index contributed by atoms with van der Waals surface area (Å²) in [6.45, 7) is 6.19. The second-order valence-electron chi connectivity index (χ2n) is 5.56. The third kappa shape index (κ3) is 3.26. The number of benzene rings is 1. The van der Waals surface area contributed by atoms with E-state index in [9.17, 15) is 4.79 Å². The Morgan fingerprint density at radius 3 is 2.50 bits per heavy atom. The molecule has 2 rings (SSSR count). The van der Waals surface area contributed by atoms with Gasteiger partial charge in [0.05, 0.1) is 0 Å². The van der Waals surface area contributed by atoms with E-state index in [0.29, 0.717) is 12.1 Å². The Hall–Kier alpha value is -1.48. The Bertz CT molecular complexity index is 537. The van der Waals surface area contributed by atoms with Crippen LogP contribution >= 0.6 is 11.3 Å². The number of hydrogen-bond acceptors (Lipinski definition) is 3. The van der Waals surface area contributed by atoms with Gasteiger partial charge in [-0.1, -0.05) is 51.1 Å². The third-order valence-electron chi connectivity index (χ3n) is 2.50. The van der Waals surface area contributed by atoms with E-state index in [4.69, 9.17) is 0 Å². The highest BCUT2D eigenvalue weighted by Gasteiger charge is 2.19. The Morgan fingerprint density at radius 1 is 1.22 bits per heavy atom. The Kier molecular flexibility index (Phi) is 3.62. The molecule has 3 heteroatoms. The zero-order chi connectivity index (χ0) is 13.2. The molecule has 0 spiro atoms. The molecule has 1 aromatic carbocycles. The van der Waals surface area contributed by atoms with Crippen LogP contribution in [-0.4, -0.2) is 10.8 Å². The highest BCUT2D eigenvalue weighted by atomic mass is 32.1. The number of hydrogen-bond donors (Lipinski definition) is 0. The molecule has 0 bridgehead atoms. The van der Waals surface area contributed by atoms with Crippen LogP contribution in [0.2, 0.25) is 0 Å². The van der Waals surface area contributed by atoms with E-state index in [1.807, 2.05) is 35.7 Å². The summed E-state index contributed by atoms with van der Waals surface area (Å²) in [4.78, 5) is 16.5. The van der Waals surface area contributed by atoms with Crippen molar-refractivity contribution in [3.05, 3.63) is 41.4 Å². The van der Waals surface area contributed by atoms with Crippen LogP contribution in [0, 0.1) is 5.41 Å². The molecule has 0 unspecified atom stereocenters. The van der Waals surface area contributed by atoms with E-state index < -0.39 is 0 Å². The topological polar surface area (TPSA) is 30.0 Å². The summed E-state index contributed by atoms with van der Waals surface area (Å²) in [5.41, 5.74) is 1.67. The minimum Gasteiger partial charge on any atom is -0.292 e. The van der Waals surface area contributed by atoms with Gasteiger partial charge in [0.1, 0.15) is 10.7 Å². The van der Waals surface area contributed by atoms with Crippen LogP contribution < -0.4 is 0 Å². The van der Waals surface area contributed by atoms with Crippen molar-refractivity contribution in [1.29, 1.82) is 0 Å². The van der Waals surface area contributed by atoms with Gasteiger partial charge >= 0.3 is 0 Å². The van der Waals surface area contributed by atoms with Crippen molar-refractivity contribution in [2.24, 2.45) is 5.41 Å². The molecule has 94 valence electrons. The fraction of sp³-hybridized carbons (Fsp3) is 0.333. The van der Waals surface area contributed by atoms with Gasteiger partial charge in [-0.05, 0) is 5.41 Å². The van der Waals surface area contributed by atoms with E-state index in [2.05, 4.69) is 25.8 Å². The van der Waals surface area contributed by atoms with Gasteiger partial charge in [0.15, 0.2) is 5.78 Å². The lowest BCUT2D eigenvalue weighted by Crippen LogP contribution is -2.13. The molecule has 0 fully saturated rings. The van der Waals surface area contributed by atoms with Crippen molar-refractivity contribution in [2.75, 3.05) is 0 Å². The van der Waals surface area contributed by atoms with Gasteiger partial charge < -0.3 is 0 Å². The monoisotopic (exact) mass is 259 g/mol. The van der Waals surface area contributed by atoms with Crippen LogP contribution in [-0.2, 0) is 0 Å². The molecular formula is C15H17NOS. The average molecular weight is 259 g/mol. The van der Waals surface area contributed by atoms with Crippen LogP contribution in [0.1, 0.15) is 37.7 Å². The summed E-state index contributed by atoms with van der Waals surface area (Å²) in [5, 5.41) is 2.77. The van der Waals surface area contributed by atoms with E-state index in [1.165, 1.54) is 11.3 Å². The SMILES string of the molecule is CC(C)(C)CC(=O)c1csc(-c2ccccc2)n1. The van der Waals surface area contributed by atoms with Gasteiger partial charge in [0.25, 0.3) is 0 Å². The minimum absolute atomic E-state index is 0.00755. The first-order valence-electron chi connectivity index (χ1n) is 6.00. The number of nitrogens with zero attached hydrogens (tertiary/aromatic N) is 1. The van der Waals surface area contributed by atoms with Gasteiger partial charge in [-0.2, -0.15) is 0 Å². The van der Waals surface area contributed by atoms with E-state index in [-0.39, 0.29) is 11.2 Å². The Balaban J connectivity index is 2.19. The average Bonchev–Trinajstić information content (AvgIpc) is 2.77. The molecule has 18 heavy (non-hydrogen) atoms. The number of ketones is 1. The van der Waals surface area contributed by atoms with Crippen LogP contribution in [0.5, 0.6) is 0 Å². The first-order chi connectivity index (χ1) is 8.46. The van der Waals surface area contributed by atoms with Gasteiger partial charge in [-0.15, -0.1) is 11.3 Å². The Morgan fingerprint density at radius 2 is 1.89 bits per heavy atom. The van der Waals surface area contributed by atoms with E-state index in [1.54, 1.807) is 0 Å². The molecule has 0 N–H and O–H groups in total. The number of Topliss-reactive ketones (excluding diaryl/α,β-unsaturated/α-hetero) is 1. The largest absolute Gasteiger partial charge is 0.292 e. The molecule has 0 atom stereocenters. The molecule has 1 aromatic heterocycles. The highest BCUT2D eigenvalue weighted by Crippen LogP contribution is 2.26. The summed E-state index contributed by atoms with van der Waals surface area (Å²) in [7, 11) is 0. The molecule has 0 aliphatic heterocycles. The Labute approximate surface area is 112 Å². The first-order valence-corrected chi connectivity index (χ1v) is 6.88. The smallest absolute Gasteiger partial charge is 0.182 e. The van der Waals surface area contributed by atoms with E-state index in [0.717, 1.165) is 10.6 Å². The summed E-state index contributed by atoms with van der Waals surface area (Å²) < 4.78 is 0. The van der Waals surface area contributed by atoms with Gasteiger partial charge in [-0.25, -0.2) is 4.98 Å². The third-order valence-corrected chi connectivity index (χ3v) is 3.39. The standard InChI is InChI=1S/C15H17NOS/c1-15(2,3)9-13(17)12-10-18-14(16-12)11-7-5-4-6-8-11/h4-8,10H,9H2,1-3H3. The van der Waals surface area contributed by atoms with Gasteiger partial charge in [0, 0.05) is 17.4 Å². The predicted octanol–water partition coefficient (Wildman–Crippen LogP) is 4.43. The zero-order valence-corrected chi connectivity index (χ0v) is 11.8. The lowest BCUT2D eigenvalue weighted by atomic mass is 9.89. The molecule has 2 aromatic rings. The molecule has 0 saturated heterocycles. The van der Waals surface area contributed by atoms with Crippen molar-refractivity contribution < 1.29 is 4.79 Å². The maximum Gasteiger partial charge on any atom is 0.182 e. The fourth-order valence-corrected chi connectivity index (χ4v) is 2.52. The van der Waals surface area contributed by atoms with Crippen molar-refractivity contribution in [1.82, 2.24) is 4.98 Å². The zero-order valence-electron chi connectivity index (χ0n) is 10.9. The summed E-state index contributed by atoms with van der Waals surface area (Å²) in [5.74, 6) is 0.126. The number of thiazole rings is 1. The van der Waals surface area contributed by atoms with Crippen LogP contribution in [0.3, 0.4) is 0 Å². The second kappa shape index (κ2) is 5.02. The summed E-state index contributed by atoms with van der Waals surface area (Å²) in [6, 6.07) is 9.96. The highest BCUT2D eigenvalue weighted by molar-refractivity contribution is 7.13. The second-order valence-corrected chi connectivity index (χ2v) is 6.42. The van der Waals surface area contributed by atoms with E-state index >= 15 is 0 Å². The van der Waals surface area contributed by atoms with Gasteiger partial charge in [0.2, 0.25) is 0 Å². The fourth-order valence-electron chi connectivity index (χ4n) is 1.69. The minimum atomic E-state index is 0.00755. The molecule has 0 radical (unpaired) electrons. The summed E-state index contributed by atoms with van der Waals surface area (Å²) in [6.07, 6.45) is 0.533. The molecular weight excluding hydrogens is 242 g/mol. The maximum atomic E-state index is 12.0. The van der Waals surface area contributed by atoms with Crippen molar-refractivity contribution in [2.45, 2.75) is 27.2 Å². The molecule has 0 saturated carbocycles. The summed E-state index contributed by atoms with van der Waals surface area (Å²) >= 11 is 1.53. The number of aromatic nitrogens is 1. The van der Waals surface area contributed by atoms with Gasteiger partial charge in [-0.3, -0.25) is 4.79 Å². The molecule has 0 aliphatic rings. The maximum absolute atomic E-state index is 12.0. The quantitative estimate of drug-likeness (QED) is 0.763. The molecule has 0 amide bonds. The molecule has 1 heterocycles. The van der Waals surface area contributed by atoms with Crippen LogP contribution in [0.15, 0.2) is 35.7 Å². The number of rotatable bonds is 3. The molecule has 0 aliphatic carbocycles. The number of carbonyl (C=O) groups excluding carboxylic acids is 1. The first kappa shape index (κ1) is 13.0. The molecule has 2 nitrogen and oxygen atoms in total. The lowest BCUT2D eigenvalue weighted by molar-refractivity contribution is 0.0935. The predicted molar refractivity (Wildman–Crippen MR) is 76.0 cm³/mol.